The fourth-order valence-electron chi connectivity index (χ4n) is 1.35. The molecule has 2 aromatic heterocycles. The van der Waals surface area contributed by atoms with Crippen LogP contribution in [0.15, 0.2) is 24.8 Å². The van der Waals surface area contributed by atoms with E-state index in [1.165, 1.54) is 6.33 Å². The molecule has 0 amide bonds. The van der Waals surface area contributed by atoms with Crippen LogP contribution < -0.4 is 5.73 Å². The average molecular weight is 189 g/mol. The lowest BCUT2D eigenvalue weighted by atomic mass is 10.1. The maximum absolute atomic E-state index is 5.61. The Labute approximate surface area is 81.6 Å². The van der Waals surface area contributed by atoms with Crippen LogP contribution in [0.5, 0.6) is 0 Å². The van der Waals surface area contributed by atoms with Crippen LogP contribution in [0.3, 0.4) is 0 Å². The fourth-order valence-corrected chi connectivity index (χ4v) is 1.35. The van der Waals surface area contributed by atoms with Gasteiger partial charge in [-0.2, -0.15) is 5.10 Å². The lowest BCUT2D eigenvalue weighted by Gasteiger charge is -2.04. The topological polar surface area (TPSA) is 69.6 Å². The summed E-state index contributed by atoms with van der Waals surface area (Å²) in [5, 5.41) is 4.01. The molecule has 5 heteroatoms. The smallest absolute Gasteiger partial charge is 0.158 e. The number of hydrogen-bond acceptors (Lipinski definition) is 4. The van der Waals surface area contributed by atoms with Crippen LogP contribution in [-0.2, 0) is 13.6 Å². The van der Waals surface area contributed by atoms with Gasteiger partial charge < -0.3 is 5.73 Å². The Morgan fingerprint density at radius 2 is 2.36 bits per heavy atom. The molecule has 0 bridgehead atoms. The summed E-state index contributed by atoms with van der Waals surface area (Å²) in [6, 6.07) is 1.90. The highest BCUT2D eigenvalue weighted by Crippen LogP contribution is 2.18. The average Bonchev–Trinajstić information content (AvgIpc) is 2.64. The van der Waals surface area contributed by atoms with Crippen LogP contribution in [0.1, 0.15) is 5.56 Å². The van der Waals surface area contributed by atoms with Crippen molar-refractivity contribution in [3.8, 4) is 11.4 Å². The predicted octanol–water partition coefficient (Wildman–Crippen LogP) is 0.336. The highest BCUT2D eigenvalue weighted by atomic mass is 15.3. The van der Waals surface area contributed by atoms with Gasteiger partial charge in [0.1, 0.15) is 6.33 Å². The van der Waals surface area contributed by atoms with Crippen molar-refractivity contribution in [1.29, 1.82) is 0 Å². The zero-order valence-electron chi connectivity index (χ0n) is 7.88. The summed E-state index contributed by atoms with van der Waals surface area (Å²) in [6.07, 6.45) is 5.00. The first-order chi connectivity index (χ1) is 6.83. The summed E-state index contributed by atoms with van der Waals surface area (Å²) in [7, 11) is 1.85. The van der Waals surface area contributed by atoms with Crippen molar-refractivity contribution in [3.63, 3.8) is 0 Å². The Bertz CT molecular complexity index is 434. The maximum Gasteiger partial charge on any atom is 0.158 e. The van der Waals surface area contributed by atoms with E-state index in [2.05, 4.69) is 15.1 Å². The maximum atomic E-state index is 5.61. The van der Waals surface area contributed by atoms with E-state index in [4.69, 9.17) is 5.73 Å². The second kappa shape index (κ2) is 3.55. The van der Waals surface area contributed by atoms with Gasteiger partial charge in [-0.05, 0) is 11.6 Å². The van der Waals surface area contributed by atoms with Crippen LogP contribution in [0.2, 0.25) is 0 Å². The SMILES string of the molecule is Cn1ncnc1-c1ccncc1CN. The number of aryl methyl sites for hydroxylation is 1. The molecular formula is C9H11N5. The van der Waals surface area contributed by atoms with E-state index in [1.54, 1.807) is 17.1 Å². The summed E-state index contributed by atoms with van der Waals surface area (Å²) in [5.41, 5.74) is 7.57. The molecule has 5 nitrogen and oxygen atoms in total. The van der Waals surface area contributed by atoms with E-state index in [1.807, 2.05) is 13.1 Å². The zero-order chi connectivity index (χ0) is 9.97. The first kappa shape index (κ1) is 8.83. The lowest BCUT2D eigenvalue weighted by Crippen LogP contribution is -2.03. The molecule has 0 aliphatic heterocycles. The first-order valence-electron chi connectivity index (χ1n) is 4.30. The quantitative estimate of drug-likeness (QED) is 0.739. The van der Waals surface area contributed by atoms with Gasteiger partial charge in [-0.3, -0.25) is 4.98 Å². The zero-order valence-corrected chi connectivity index (χ0v) is 7.88. The normalized spacial score (nSPS) is 10.4. The van der Waals surface area contributed by atoms with Crippen molar-refractivity contribution in [2.24, 2.45) is 12.8 Å². The number of nitrogens with zero attached hydrogens (tertiary/aromatic N) is 4. The van der Waals surface area contributed by atoms with Crippen molar-refractivity contribution in [2.75, 3.05) is 0 Å². The minimum absolute atomic E-state index is 0.454. The van der Waals surface area contributed by atoms with E-state index in [9.17, 15) is 0 Å². The van der Waals surface area contributed by atoms with Crippen molar-refractivity contribution in [3.05, 3.63) is 30.4 Å². The Kier molecular flexibility index (Phi) is 2.24. The third-order valence-electron chi connectivity index (χ3n) is 2.08. The van der Waals surface area contributed by atoms with Crippen molar-refractivity contribution >= 4 is 0 Å². The van der Waals surface area contributed by atoms with Crippen LogP contribution in [0.4, 0.5) is 0 Å². The summed E-state index contributed by atoms with van der Waals surface area (Å²) >= 11 is 0. The molecule has 0 radical (unpaired) electrons. The highest BCUT2D eigenvalue weighted by Gasteiger charge is 2.08. The van der Waals surface area contributed by atoms with Crippen molar-refractivity contribution in [2.45, 2.75) is 6.54 Å². The van der Waals surface area contributed by atoms with E-state index in [-0.39, 0.29) is 0 Å². The Morgan fingerprint density at radius 3 is 3.00 bits per heavy atom. The molecule has 2 heterocycles. The Balaban J connectivity index is 2.56. The molecule has 2 aromatic rings. The molecule has 2 N–H and O–H groups in total. The molecule has 14 heavy (non-hydrogen) atoms. The molecule has 0 aromatic carbocycles. The van der Waals surface area contributed by atoms with Crippen LogP contribution in [0.25, 0.3) is 11.4 Å². The van der Waals surface area contributed by atoms with Gasteiger partial charge in [0.15, 0.2) is 5.82 Å². The minimum Gasteiger partial charge on any atom is -0.326 e. The van der Waals surface area contributed by atoms with Crippen LogP contribution >= 0.6 is 0 Å². The summed E-state index contributed by atoms with van der Waals surface area (Å²) < 4.78 is 1.72. The number of rotatable bonds is 2. The fraction of sp³-hybridized carbons (Fsp3) is 0.222. The number of nitrogens with two attached hydrogens (primary N) is 1. The van der Waals surface area contributed by atoms with Crippen molar-refractivity contribution in [1.82, 2.24) is 19.7 Å². The van der Waals surface area contributed by atoms with Crippen LogP contribution in [-0.4, -0.2) is 19.7 Å². The van der Waals surface area contributed by atoms with Gasteiger partial charge in [0.25, 0.3) is 0 Å². The van der Waals surface area contributed by atoms with Gasteiger partial charge in [-0.1, -0.05) is 0 Å². The highest BCUT2D eigenvalue weighted by molar-refractivity contribution is 5.58. The molecule has 0 saturated carbocycles. The van der Waals surface area contributed by atoms with Gasteiger partial charge in [-0.25, -0.2) is 9.67 Å². The first-order valence-corrected chi connectivity index (χ1v) is 4.30. The van der Waals surface area contributed by atoms with Crippen molar-refractivity contribution < 1.29 is 0 Å². The second-order valence-corrected chi connectivity index (χ2v) is 2.94. The third-order valence-corrected chi connectivity index (χ3v) is 2.08. The predicted molar refractivity (Wildman–Crippen MR) is 52.1 cm³/mol. The second-order valence-electron chi connectivity index (χ2n) is 2.94. The lowest BCUT2D eigenvalue weighted by molar-refractivity contribution is 0.773. The van der Waals surface area contributed by atoms with Gasteiger partial charge >= 0.3 is 0 Å². The molecular weight excluding hydrogens is 178 g/mol. The Hall–Kier alpha value is -1.75. The summed E-state index contributed by atoms with van der Waals surface area (Å²) in [4.78, 5) is 8.18. The number of hydrogen-bond donors (Lipinski definition) is 1. The standard InChI is InChI=1S/C9H11N5/c1-14-9(12-6-13-14)8-2-3-11-5-7(8)4-10/h2-3,5-6H,4,10H2,1H3. The number of aromatic nitrogens is 4. The van der Waals surface area contributed by atoms with E-state index in [0.29, 0.717) is 6.54 Å². The van der Waals surface area contributed by atoms with E-state index < -0.39 is 0 Å². The largest absolute Gasteiger partial charge is 0.326 e. The molecule has 0 fully saturated rings. The molecule has 0 aliphatic carbocycles. The third kappa shape index (κ3) is 1.38. The molecule has 0 spiro atoms. The molecule has 0 aliphatic rings. The molecule has 0 unspecified atom stereocenters. The molecule has 0 atom stereocenters. The van der Waals surface area contributed by atoms with E-state index >= 15 is 0 Å². The number of pyridine rings is 1. The summed E-state index contributed by atoms with van der Waals surface area (Å²) in [6.45, 7) is 0.454. The van der Waals surface area contributed by atoms with Gasteiger partial charge in [0.05, 0.1) is 0 Å². The van der Waals surface area contributed by atoms with E-state index in [0.717, 1.165) is 17.0 Å². The monoisotopic (exact) mass is 189 g/mol. The molecule has 72 valence electrons. The Morgan fingerprint density at radius 1 is 1.50 bits per heavy atom. The molecule has 0 saturated heterocycles. The van der Waals surface area contributed by atoms with Gasteiger partial charge in [-0.15, -0.1) is 0 Å². The van der Waals surface area contributed by atoms with Gasteiger partial charge in [0.2, 0.25) is 0 Å². The van der Waals surface area contributed by atoms with Gasteiger partial charge in [0, 0.05) is 31.5 Å². The summed E-state index contributed by atoms with van der Waals surface area (Å²) in [5.74, 6) is 0.813. The minimum atomic E-state index is 0.454. The molecule has 2 rings (SSSR count). The van der Waals surface area contributed by atoms with Crippen LogP contribution in [0, 0.1) is 0 Å².